The summed E-state index contributed by atoms with van der Waals surface area (Å²) in [5, 5.41) is 12.4. The van der Waals surface area contributed by atoms with Gasteiger partial charge in [-0.1, -0.05) is 91.0 Å². The summed E-state index contributed by atoms with van der Waals surface area (Å²) in [6.07, 6.45) is 3.98. The maximum atomic E-state index is 13.3. The molecular formula is C33H33NO3S. The van der Waals surface area contributed by atoms with Crippen molar-refractivity contribution in [1.29, 1.82) is 0 Å². The summed E-state index contributed by atoms with van der Waals surface area (Å²) in [5.74, 6) is -0.720. The molecule has 1 amide bonds. The van der Waals surface area contributed by atoms with Crippen LogP contribution in [0.1, 0.15) is 33.5 Å². The Labute approximate surface area is 229 Å². The molecule has 0 bridgehead atoms. The summed E-state index contributed by atoms with van der Waals surface area (Å²) in [6.45, 7) is 2.03. The molecule has 0 aliphatic carbocycles. The molecule has 0 fully saturated rings. The first kappa shape index (κ1) is 27.2. The normalized spacial score (nSPS) is 11.6. The molecule has 4 aromatic rings. The number of nitrogens with one attached hydrogen (secondary N) is 1. The van der Waals surface area contributed by atoms with Gasteiger partial charge in [-0.25, -0.2) is 4.79 Å². The minimum Gasteiger partial charge on any atom is -0.480 e. The second kappa shape index (κ2) is 13.1. The average molecular weight is 524 g/mol. The Morgan fingerprint density at radius 1 is 0.816 bits per heavy atom. The van der Waals surface area contributed by atoms with E-state index >= 15 is 0 Å². The van der Waals surface area contributed by atoms with E-state index in [2.05, 4.69) is 59.9 Å². The van der Waals surface area contributed by atoms with Crippen molar-refractivity contribution in [2.75, 3.05) is 12.0 Å². The van der Waals surface area contributed by atoms with Crippen LogP contribution in [0.4, 0.5) is 0 Å². The highest BCUT2D eigenvalue weighted by molar-refractivity contribution is 7.98. The molecule has 4 nitrogen and oxygen atoms in total. The van der Waals surface area contributed by atoms with Gasteiger partial charge in [-0.2, -0.15) is 11.8 Å². The molecule has 0 aliphatic heterocycles. The minimum absolute atomic E-state index is 0.363. The van der Waals surface area contributed by atoms with Crippen LogP contribution in [0.25, 0.3) is 22.3 Å². The molecule has 0 heterocycles. The number of hydrogen-bond donors (Lipinski definition) is 2. The van der Waals surface area contributed by atoms with E-state index in [4.69, 9.17) is 0 Å². The standard InChI is InChI=1S/C33H33NO3S/c1-23-10-6-8-14-27(23)30-22-24(17-19-29(30)32(35)34-31(33(36)37)20-21-38-2)16-18-26-13-7-9-15-28(26)25-11-4-3-5-12-25/h3-15,17,19,22,31H,16,18,20-21H2,1-2H3,(H,34,35)(H,36,37)/t31-/m0/s1. The Kier molecular flexibility index (Phi) is 9.39. The Morgan fingerprint density at radius 3 is 2.21 bits per heavy atom. The van der Waals surface area contributed by atoms with E-state index in [-0.39, 0.29) is 5.91 Å². The summed E-state index contributed by atoms with van der Waals surface area (Å²) < 4.78 is 0. The van der Waals surface area contributed by atoms with Crippen LogP contribution in [0.3, 0.4) is 0 Å². The number of aryl methyl sites for hydroxylation is 3. The molecule has 0 aromatic heterocycles. The molecule has 0 aliphatic rings. The smallest absolute Gasteiger partial charge is 0.326 e. The molecule has 0 spiro atoms. The van der Waals surface area contributed by atoms with Crippen LogP contribution in [0.15, 0.2) is 97.1 Å². The quantitative estimate of drug-likeness (QED) is 0.221. The number of carboxylic acid groups (broad SMARTS) is 1. The lowest BCUT2D eigenvalue weighted by Crippen LogP contribution is -2.41. The predicted octanol–water partition coefficient (Wildman–Crippen LogP) is 7.05. The Hall–Kier alpha value is -3.83. The van der Waals surface area contributed by atoms with Gasteiger partial charge in [0, 0.05) is 5.56 Å². The van der Waals surface area contributed by atoms with Gasteiger partial charge in [-0.05, 0) is 83.2 Å². The van der Waals surface area contributed by atoms with E-state index in [1.54, 1.807) is 11.8 Å². The third kappa shape index (κ3) is 6.73. The number of carbonyl (C=O) groups is 2. The van der Waals surface area contributed by atoms with Crippen molar-refractivity contribution in [2.45, 2.75) is 32.2 Å². The van der Waals surface area contributed by atoms with Crippen molar-refractivity contribution < 1.29 is 14.7 Å². The monoisotopic (exact) mass is 523 g/mol. The zero-order valence-corrected chi connectivity index (χ0v) is 22.6. The highest BCUT2D eigenvalue weighted by Crippen LogP contribution is 2.30. The lowest BCUT2D eigenvalue weighted by Gasteiger charge is -2.18. The first-order valence-corrected chi connectivity index (χ1v) is 14.2. The van der Waals surface area contributed by atoms with Gasteiger partial charge < -0.3 is 10.4 Å². The molecule has 2 N–H and O–H groups in total. The molecule has 5 heteroatoms. The molecular weight excluding hydrogens is 490 g/mol. The number of carboxylic acids is 1. The molecule has 38 heavy (non-hydrogen) atoms. The average Bonchev–Trinajstić information content (AvgIpc) is 2.94. The molecule has 0 unspecified atom stereocenters. The highest BCUT2D eigenvalue weighted by Gasteiger charge is 2.22. The molecule has 4 rings (SSSR count). The summed E-state index contributed by atoms with van der Waals surface area (Å²) in [4.78, 5) is 25.1. The van der Waals surface area contributed by atoms with Crippen LogP contribution in [-0.4, -0.2) is 35.0 Å². The van der Waals surface area contributed by atoms with Crippen LogP contribution in [0.2, 0.25) is 0 Å². The number of hydrogen-bond acceptors (Lipinski definition) is 3. The van der Waals surface area contributed by atoms with Gasteiger partial charge in [0.25, 0.3) is 5.91 Å². The Bertz CT molecular complexity index is 1400. The van der Waals surface area contributed by atoms with Crippen LogP contribution < -0.4 is 5.32 Å². The van der Waals surface area contributed by atoms with Crippen LogP contribution in [-0.2, 0) is 17.6 Å². The van der Waals surface area contributed by atoms with Crippen LogP contribution in [0.5, 0.6) is 0 Å². The molecule has 0 saturated heterocycles. The number of amides is 1. The van der Waals surface area contributed by atoms with Gasteiger partial charge >= 0.3 is 5.97 Å². The van der Waals surface area contributed by atoms with Crippen LogP contribution >= 0.6 is 11.8 Å². The number of rotatable bonds is 11. The lowest BCUT2D eigenvalue weighted by atomic mass is 9.91. The lowest BCUT2D eigenvalue weighted by molar-refractivity contribution is -0.139. The van der Waals surface area contributed by atoms with Crippen molar-refractivity contribution in [3.05, 3.63) is 119 Å². The SMILES string of the molecule is CSCC[C@H](NC(=O)c1ccc(CCc2ccccc2-c2ccccc2)cc1-c1ccccc1C)C(=O)O. The van der Waals surface area contributed by atoms with Gasteiger partial charge in [0.05, 0.1) is 0 Å². The van der Waals surface area contributed by atoms with E-state index in [1.807, 2.05) is 55.6 Å². The van der Waals surface area contributed by atoms with E-state index in [9.17, 15) is 14.7 Å². The van der Waals surface area contributed by atoms with E-state index < -0.39 is 12.0 Å². The first-order valence-electron chi connectivity index (χ1n) is 12.8. The Balaban J connectivity index is 1.64. The maximum absolute atomic E-state index is 13.3. The molecule has 4 aromatic carbocycles. The number of aliphatic carboxylic acids is 1. The Morgan fingerprint density at radius 2 is 1.50 bits per heavy atom. The van der Waals surface area contributed by atoms with E-state index in [0.717, 1.165) is 35.1 Å². The summed E-state index contributed by atoms with van der Waals surface area (Å²) in [6, 6.07) is 31.8. The largest absolute Gasteiger partial charge is 0.480 e. The van der Waals surface area contributed by atoms with Crippen molar-refractivity contribution in [3.8, 4) is 22.3 Å². The number of benzene rings is 4. The highest BCUT2D eigenvalue weighted by atomic mass is 32.2. The second-order valence-corrected chi connectivity index (χ2v) is 10.3. The fourth-order valence-corrected chi connectivity index (χ4v) is 5.16. The first-order chi connectivity index (χ1) is 18.5. The topological polar surface area (TPSA) is 66.4 Å². The van der Waals surface area contributed by atoms with Gasteiger partial charge in [0.2, 0.25) is 0 Å². The third-order valence-corrected chi connectivity index (χ3v) is 7.41. The number of carbonyl (C=O) groups excluding carboxylic acids is 1. The summed E-state index contributed by atoms with van der Waals surface area (Å²) >= 11 is 1.56. The third-order valence-electron chi connectivity index (χ3n) is 6.76. The van der Waals surface area contributed by atoms with Gasteiger partial charge in [0.1, 0.15) is 6.04 Å². The maximum Gasteiger partial charge on any atom is 0.326 e. The van der Waals surface area contributed by atoms with Crippen molar-refractivity contribution >= 4 is 23.6 Å². The minimum atomic E-state index is -1.02. The fraction of sp³-hybridized carbons (Fsp3) is 0.212. The molecule has 1 atom stereocenters. The van der Waals surface area contributed by atoms with Gasteiger partial charge in [-0.15, -0.1) is 0 Å². The zero-order chi connectivity index (χ0) is 26.9. The summed E-state index contributed by atoms with van der Waals surface area (Å²) in [7, 11) is 0. The second-order valence-electron chi connectivity index (χ2n) is 9.36. The van der Waals surface area contributed by atoms with Gasteiger partial charge in [0.15, 0.2) is 0 Å². The number of thioether (sulfide) groups is 1. The van der Waals surface area contributed by atoms with Crippen LogP contribution in [0, 0.1) is 6.92 Å². The summed E-state index contributed by atoms with van der Waals surface area (Å²) in [5.41, 5.74) is 8.17. The molecule has 194 valence electrons. The predicted molar refractivity (Wildman–Crippen MR) is 158 cm³/mol. The van der Waals surface area contributed by atoms with Crippen molar-refractivity contribution in [2.24, 2.45) is 0 Å². The molecule has 0 saturated carbocycles. The van der Waals surface area contributed by atoms with Crippen molar-refractivity contribution in [3.63, 3.8) is 0 Å². The fourth-order valence-electron chi connectivity index (χ4n) is 4.69. The van der Waals surface area contributed by atoms with E-state index in [0.29, 0.717) is 17.7 Å². The zero-order valence-electron chi connectivity index (χ0n) is 21.8. The van der Waals surface area contributed by atoms with Gasteiger partial charge in [-0.3, -0.25) is 4.79 Å². The van der Waals surface area contributed by atoms with Crippen molar-refractivity contribution in [1.82, 2.24) is 5.32 Å². The molecule has 0 radical (unpaired) electrons. The van der Waals surface area contributed by atoms with E-state index in [1.165, 1.54) is 16.7 Å².